The van der Waals surface area contributed by atoms with Crippen LogP contribution < -0.4 is 10.1 Å². The van der Waals surface area contributed by atoms with E-state index in [-0.39, 0.29) is 6.10 Å². The number of nitrogens with zero attached hydrogens (tertiary/aromatic N) is 2. The minimum Gasteiger partial charge on any atom is -0.481 e. The van der Waals surface area contributed by atoms with E-state index >= 15 is 0 Å². The fraction of sp³-hybridized carbons (Fsp3) is 0.471. The van der Waals surface area contributed by atoms with E-state index in [1.54, 1.807) is 6.20 Å². The Morgan fingerprint density at radius 2 is 1.86 bits per heavy atom. The SMILES string of the molecule is CC(C)NCC(Oc1cnn(C(C)C)c1)c1ccccc1. The summed E-state index contributed by atoms with van der Waals surface area (Å²) in [5.74, 6) is 0.808. The van der Waals surface area contributed by atoms with Crippen molar-refractivity contribution in [2.24, 2.45) is 0 Å². The summed E-state index contributed by atoms with van der Waals surface area (Å²) in [4.78, 5) is 0. The molecule has 0 fully saturated rings. The van der Waals surface area contributed by atoms with Gasteiger partial charge in [0.2, 0.25) is 0 Å². The molecule has 114 valence electrons. The van der Waals surface area contributed by atoms with Gasteiger partial charge < -0.3 is 10.1 Å². The molecular formula is C17H25N3O. The van der Waals surface area contributed by atoms with Crippen LogP contribution in [0.2, 0.25) is 0 Å². The Kier molecular flexibility index (Phi) is 5.39. The van der Waals surface area contributed by atoms with Gasteiger partial charge in [0.1, 0.15) is 6.10 Å². The first-order valence-corrected chi connectivity index (χ1v) is 7.55. The van der Waals surface area contributed by atoms with Crippen LogP contribution >= 0.6 is 0 Å². The van der Waals surface area contributed by atoms with Gasteiger partial charge in [-0.05, 0) is 19.4 Å². The molecule has 0 spiro atoms. The highest BCUT2D eigenvalue weighted by molar-refractivity contribution is 5.21. The normalized spacial score (nSPS) is 12.9. The molecule has 0 aliphatic carbocycles. The average Bonchev–Trinajstić information content (AvgIpc) is 2.93. The van der Waals surface area contributed by atoms with E-state index in [0.717, 1.165) is 12.3 Å². The molecular weight excluding hydrogens is 262 g/mol. The van der Waals surface area contributed by atoms with E-state index in [0.29, 0.717) is 12.1 Å². The number of nitrogens with one attached hydrogen (secondary N) is 1. The Hall–Kier alpha value is -1.81. The highest BCUT2D eigenvalue weighted by Gasteiger charge is 2.15. The lowest BCUT2D eigenvalue weighted by Crippen LogP contribution is -2.30. The third kappa shape index (κ3) is 4.60. The summed E-state index contributed by atoms with van der Waals surface area (Å²) >= 11 is 0. The number of ether oxygens (including phenoxy) is 1. The molecule has 4 heteroatoms. The van der Waals surface area contributed by atoms with Crippen LogP contribution in [0.1, 0.15) is 45.4 Å². The molecule has 0 aliphatic rings. The molecule has 4 nitrogen and oxygen atoms in total. The summed E-state index contributed by atoms with van der Waals surface area (Å²) in [5, 5.41) is 7.77. The highest BCUT2D eigenvalue weighted by atomic mass is 16.5. The van der Waals surface area contributed by atoms with E-state index in [9.17, 15) is 0 Å². The van der Waals surface area contributed by atoms with Crippen LogP contribution in [0, 0.1) is 0 Å². The molecule has 1 unspecified atom stereocenters. The Balaban J connectivity index is 2.11. The minimum absolute atomic E-state index is 0.0154. The molecule has 21 heavy (non-hydrogen) atoms. The van der Waals surface area contributed by atoms with Gasteiger partial charge in [-0.2, -0.15) is 5.10 Å². The van der Waals surface area contributed by atoms with Gasteiger partial charge in [-0.25, -0.2) is 0 Å². The van der Waals surface area contributed by atoms with Crippen molar-refractivity contribution in [3.63, 3.8) is 0 Å². The van der Waals surface area contributed by atoms with Gasteiger partial charge in [0.05, 0.1) is 12.4 Å². The Morgan fingerprint density at radius 1 is 1.14 bits per heavy atom. The van der Waals surface area contributed by atoms with E-state index in [2.05, 4.69) is 50.2 Å². The van der Waals surface area contributed by atoms with Gasteiger partial charge >= 0.3 is 0 Å². The summed E-state index contributed by atoms with van der Waals surface area (Å²) in [7, 11) is 0. The van der Waals surface area contributed by atoms with Gasteiger partial charge in [-0.3, -0.25) is 4.68 Å². The van der Waals surface area contributed by atoms with Gasteiger partial charge in [0.15, 0.2) is 5.75 Å². The van der Waals surface area contributed by atoms with Crippen LogP contribution in [0.3, 0.4) is 0 Å². The molecule has 1 aromatic heterocycles. The molecule has 2 rings (SSSR count). The molecule has 2 aromatic rings. The summed E-state index contributed by atoms with van der Waals surface area (Å²) in [6.07, 6.45) is 3.72. The average molecular weight is 287 g/mol. The fourth-order valence-corrected chi connectivity index (χ4v) is 2.07. The van der Waals surface area contributed by atoms with Crippen molar-refractivity contribution in [2.45, 2.75) is 45.9 Å². The van der Waals surface area contributed by atoms with Crippen LogP contribution in [0.25, 0.3) is 0 Å². The smallest absolute Gasteiger partial charge is 0.158 e. The Labute approximate surface area is 127 Å². The molecule has 0 saturated carbocycles. The van der Waals surface area contributed by atoms with E-state index in [1.165, 1.54) is 5.56 Å². The molecule has 0 saturated heterocycles. The predicted octanol–water partition coefficient (Wildman–Crippen LogP) is 3.58. The number of hydrogen-bond donors (Lipinski definition) is 1. The van der Waals surface area contributed by atoms with Crippen LogP contribution in [-0.2, 0) is 0 Å². The predicted molar refractivity (Wildman–Crippen MR) is 85.6 cm³/mol. The van der Waals surface area contributed by atoms with Crippen molar-refractivity contribution in [3.8, 4) is 5.75 Å². The van der Waals surface area contributed by atoms with Gasteiger partial charge in [-0.1, -0.05) is 44.2 Å². The summed E-state index contributed by atoms with van der Waals surface area (Å²) in [5.41, 5.74) is 1.17. The van der Waals surface area contributed by atoms with Crippen LogP contribution in [0.15, 0.2) is 42.7 Å². The van der Waals surface area contributed by atoms with E-state index < -0.39 is 0 Å². The summed E-state index contributed by atoms with van der Waals surface area (Å²) < 4.78 is 8.05. The molecule has 1 heterocycles. The molecule has 1 aromatic carbocycles. The standard InChI is InChI=1S/C17H25N3O/c1-13(2)18-11-17(15-8-6-5-7-9-15)21-16-10-19-20(12-16)14(3)4/h5-10,12-14,17-18H,11H2,1-4H3. The van der Waals surface area contributed by atoms with Crippen molar-refractivity contribution < 1.29 is 4.74 Å². The first-order chi connectivity index (χ1) is 10.1. The van der Waals surface area contributed by atoms with Crippen LogP contribution in [0.5, 0.6) is 5.75 Å². The first-order valence-electron chi connectivity index (χ1n) is 7.55. The molecule has 0 aliphatic heterocycles. The van der Waals surface area contributed by atoms with Crippen molar-refractivity contribution in [2.75, 3.05) is 6.54 Å². The van der Waals surface area contributed by atoms with Gasteiger partial charge in [0, 0.05) is 18.6 Å². The lowest BCUT2D eigenvalue weighted by atomic mass is 10.1. The van der Waals surface area contributed by atoms with Crippen molar-refractivity contribution >= 4 is 0 Å². The van der Waals surface area contributed by atoms with E-state index in [1.807, 2.05) is 29.1 Å². The van der Waals surface area contributed by atoms with Crippen LogP contribution in [0.4, 0.5) is 0 Å². The quantitative estimate of drug-likeness (QED) is 0.846. The topological polar surface area (TPSA) is 39.1 Å². The third-order valence-electron chi connectivity index (χ3n) is 3.27. The van der Waals surface area contributed by atoms with Crippen molar-refractivity contribution in [1.82, 2.24) is 15.1 Å². The fourth-order valence-electron chi connectivity index (χ4n) is 2.07. The zero-order valence-electron chi connectivity index (χ0n) is 13.3. The summed E-state index contributed by atoms with van der Waals surface area (Å²) in [6, 6.07) is 11.1. The second-order valence-corrected chi connectivity index (χ2v) is 5.83. The molecule has 0 bridgehead atoms. The van der Waals surface area contributed by atoms with E-state index in [4.69, 9.17) is 4.74 Å². The zero-order chi connectivity index (χ0) is 15.2. The molecule has 1 atom stereocenters. The van der Waals surface area contributed by atoms with Crippen LogP contribution in [-0.4, -0.2) is 22.4 Å². The second-order valence-electron chi connectivity index (χ2n) is 5.83. The number of aromatic nitrogens is 2. The van der Waals surface area contributed by atoms with Crippen molar-refractivity contribution in [3.05, 3.63) is 48.3 Å². The molecule has 0 amide bonds. The largest absolute Gasteiger partial charge is 0.481 e. The Bertz CT molecular complexity index is 534. The monoisotopic (exact) mass is 287 g/mol. The zero-order valence-corrected chi connectivity index (χ0v) is 13.3. The lowest BCUT2D eigenvalue weighted by Gasteiger charge is -2.20. The number of benzene rings is 1. The molecule has 0 radical (unpaired) electrons. The lowest BCUT2D eigenvalue weighted by molar-refractivity contribution is 0.198. The maximum absolute atomic E-state index is 6.14. The summed E-state index contributed by atoms with van der Waals surface area (Å²) in [6.45, 7) is 9.25. The highest BCUT2D eigenvalue weighted by Crippen LogP contribution is 2.22. The third-order valence-corrected chi connectivity index (χ3v) is 3.27. The number of rotatable bonds is 7. The van der Waals surface area contributed by atoms with Gasteiger partial charge in [-0.15, -0.1) is 0 Å². The van der Waals surface area contributed by atoms with Crippen molar-refractivity contribution in [1.29, 1.82) is 0 Å². The minimum atomic E-state index is -0.0154. The second kappa shape index (κ2) is 7.27. The molecule has 1 N–H and O–H groups in total. The first kappa shape index (κ1) is 15.6. The maximum atomic E-state index is 6.14. The number of hydrogen-bond acceptors (Lipinski definition) is 3. The Morgan fingerprint density at radius 3 is 2.43 bits per heavy atom. The maximum Gasteiger partial charge on any atom is 0.158 e. The van der Waals surface area contributed by atoms with Gasteiger partial charge in [0.25, 0.3) is 0 Å².